The molecule has 1 aromatic carbocycles. The largest absolute Gasteiger partial charge is 0.452 e. The SMILES string of the molecule is CC1(C)C[C@@H]2C[C@](C)(CN2C(=O)COC(=O)/C=C/c2ccc(Cl)cc2)C1. The molecule has 2 aliphatic rings. The van der Waals surface area contributed by atoms with E-state index in [4.69, 9.17) is 16.3 Å². The quantitative estimate of drug-likeness (QED) is 0.581. The van der Waals surface area contributed by atoms with Gasteiger partial charge >= 0.3 is 5.97 Å². The number of esters is 1. The van der Waals surface area contributed by atoms with Gasteiger partial charge in [-0.05, 0) is 53.9 Å². The first-order chi connectivity index (χ1) is 12.2. The Morgan fingerprint density at radius 1 is 1.23 bits per heavy atom. The summed E-state index contributed by atoms with van der Waals surface area (Å²) in [5.41, 5.74) is 1.28. The van der Waals surface area contributed by atoms with Gasteiger partial charge in [-0.3, -0.25) is 4.79 Å². The molecule has 2 fully saturated rings. The molecule has 0 N–H and O–H groups in total. The van der Waals surface area contributed by atoms with E-state index in [2.05, 4.69) is 20.8 Å². The lowest BCUT2D eigenvalue weighted by molar-refractivity contribution is -0.148. The van der Waals surface area contributed by atoms with Gasteiger partial charge in [0.25, 0.3) is 5.91 Å². The molecule has 1 aromatic rings. The van der Waals surface area contributed by atoms with Crippen molar-refractivity contribution >= 4 is 29.6 Å². The molecule has 1 amide bonds. The van der Waals surface area contributed by atoms with Crippen LogP contribution in [0.15, 0.2) is 30.3 Å². The van der Waals surface area contributed by atoms with Gasteiger partial charge in [0.05, 0.1) is 0 Å². The van der Waals surface area contributed by atoms with Crippen molar-refractivity contribution in [1.82, 2.24) is 4.90 Å². The van der Waals surface area contributed by atoms with Crippen LogP contribution in [0.4, 0.5) is 0 Å². The zero-order valence-corrected chi connectivity index (χ0v) is 16.4. The van der Waals surface area contributed by atoms with Crippen LogP contribution in [0.25, 0.3) is 6.08 Å². The number of hydrogen-bond donors (Lipinski definition) is 0. The Morgan fingerprint density at radius 2 is 1.92 bits per heavy atom. The Kier molecular flexibility index (Phi) is 5.16. The van der Waals surface area contributed by atoms with E-state index in [-0.39, 0.29) is 29.4 Å². The number of likely N-dealkylation sites (tertiary alicyclic amines) is 1. The zero-order valence-electron chi connectivity index (χ0n) is 15.6. The highest BCUT2D eigenvalue weighted by Crippen LogP contribution is 2.52. The maximum Gasteiger partial charge on any atom is 0.331 e. The number of amides is 1. The second-order valence-corrected chi connectivity index (χ2v) is 9.16. The number of carbonyl (C=O) groups is 2. The highest BCUT2D eigenvalue weighted by molar-refractivity contribution is 6.30. The van der Waals surface area contributed by atoms with Gasteiger partial charge in [-0.1, -0.05) is 44.5 Å². The average Bonchev–Trinajstić information content (AvgIpc) is 2.81. The van der Waals surface area contributed by atoms with Crippen LogP contribution in [0.1, 0.15) is 45.6 Å². The highest BCUT2D eigenvalue weighted by atomic mass is 35.5. The minimum absolute atomic E-state index is 0.0929. The fourth-order valence-electron chi connectivity index (χ4n) is 4.75. The second kappa shape index (κ2) is 7.07. The van der Waals surface area contributed by atoms with Crippen molar-refractivity contribution < 1.29 is 14.3 Å². The van der Waals surface area contributed by atoms with Crippen molar-refractivity contribution in [2.75, 3.05) is 13.2 Å². The number of nitrogens with zero attached hydrogens (tertiary/aromatic N) is 1. The third kappa shape index (κ3) is 4.47. The molecule has 3 rings (SSSR count). The first-order valence-electron chi connectivity index (χ1n) is 9.06. The minimum atomic E-state index is -0.512. The summed E-state index contributed by atoms with van der Waals surface area (Å²) in [5.74, 6) is -0.605. The highest BCUT2D eigenvalue weighted by Gasteiger charge is 2.50. The van der Waals surface area contributed by atoms with E-state index in [9.17, 15) is 9.59 Å². The molecular weight excluding hydrogens is 350 g/mol. The fraction of sp³-hybridized carbons (Fsp3) is 0.524. The van der Waals surface area contributed by atoms with E-state index in [1.807, 2.05) is 17.0 Å². The Labute approximate surface area is 160 Å². The summed E-state index contributed by atoms with van der Waals surface area (Å²) in [6.45, 7) is 7.36. The van der Waals surface area contributed by atoms with Crippen molar-refractivity contribution in [2.45, 2.75) is 46.1 Å². The first-order valence-corrected chi connectivity index (χ1v) is 9.44. The van der Waals surface area contributed by atoms with Crippen LogP contribution in [0.5, 0.6) is 0 Å². The lowest BCUT2D eigenvalue weighted by Crippen LogP contribution is -2.39. The van der Waals surface area contributed by atoms with Gasteiger partial charge in [-0.25, -0.2) is 4.79 Å². The first kappa shape index (κ1) is 19.0. The minimum Gasteiger partial charge on any atom is -0.452 e. The molecule has 1 aliphatic carbocycles. The monoisotopic (exact) mass is 375 g/mol. The van der Waals surface area contributed by atoms with Crippen LogP contribution in [-0.4, -0.2) is 36.0 Å². The number of fused-ring (bicyclic) bond motifs is 2. The summed E-state index contributed by atoms with van der Waals surface area (Å²) >= 11 is 5.83. The summed E-state index contributed by atoms with van der Waals surface area (Å²) in [6, 6.07) is 7.39. The van der Waals surface area contributed by atoms with Crippen LogP contribution in [-0.2, 0) is 14.3 Å². The number of ether oxygens (including phenoxy) is 1. The maximum atomic E-state index is 12.6. The number of benzene rings is 1. The number of rotatable bonds is 4. The third-order valence-corrected chi connectivity index (χ3v) is 5.61. The molecule has 4 nitrogen and oxygen atoms in total. The Bertz CT molecular complexity index is 725. The van der Waals surface area contributed by atoms with Gasteiger partial charge in [0.15, 0.2) is 6.61 Å². The summed E-state index contributed by atoms with van der Waals surface area (Å²) in [7, 11) is 0. The molecule has 1 aliphatic heterocycles. The maximum absolute atomic E-state index is 12.6. The molecule has 1 heterocycles. The fourth-order valence-corrected chi connectivity index (χ4v) is 4.88. The van der Waals surface area contributed by atoms with Crippen LogP contribution < -0.4 is 0 Å². The molecule has 1 saturated carbocycles. The number of halogens is 1. The topological polar surface area (TPSA) is 46.6 Å². The lowest BCUT2D eigenvalue weighted by atomic mass is 9.65. The lowest BCUT2D eigenvalue weighted by Gasteiger charge is -2.39. The van der Waals surface area contributed by atoms with Crippen molar-refractivity contribution in [1.29, 1.82) is 0 Å². The molecule has 140 valence electrons. The smallest absolute Gasteiger partial charge is 0.331 e. The summed E-state index contributed by atoms with van der Waals surface area (Å²) in [4.78, 5) is 26.4. The molecule has 0 unspecified atom stereocenters. The molecule has 0 aromatic heterocycles. The van der Waals surface area contributed by atoms with Gasteiger partial charge in [-0.15, -0.1) is 0 Å². The van der Waals surface area contributed by atoms with Crippen LogP contribution in [0, 0.1) is 10.8 Å². The standard InChI is InChI=1S/C21H26ClNO3/c1-20(2)10-17-11-21(3,13-20)14-23(17)18(24)12-26-19(25)9-6-15-4-7-16(22)8-5-15/h4-9,17H,10-14H2,1-3H3/b9-6+/t17-,21+/m1/s1. The average molecular weight is 376 g/mol. The van der Waals surface area contributed by atoms with Gasteiger partial charge in [0.1, 0.15) is 0 Å². The van der Waals surface area contributed by atoms with E-state index < -0.39 is 5.97 Å². The van der Waals surface area contributed by atoms with Gasteiger partial charge in [0.2, 0.25) is 0 Å². The molecule has 2 bridgehead atoms. The van der Waals surface area contributed by atoms with E-state index >= 15 is 0 Å². The molecule has 26 heavy (non-hydrogen) atoms. The van der Waals surface area contributed by atoms with E-state index in [0.29, 0.717) is 5.02 Å². The molecule has 5 heteroatoms. The molecule has 1 saturated heterocycles. The van der Waals surface area contributed by atoms with Gasteiger partial charge < -0.3 is 9.64 Å². The van der Waals surface area contributed by atoms with Gasteiger partial charge in [0, 0.05) is 23.7 Å². The molecule has 2 atom stereocenters. The van der Waals surface area contributed by atoms with E-state index in [1.165, 1.54) is 6.08 Å². The van der Waals surface area contributed by atoms with Crippen molar-refractivity contribution in [3.8, 4) is 0 Å². The second-order valence-electron chi connectivity index (χ2n) is 8.73. The number of carbonyl (C=O) groups excluding carboxylic acids is 2. The van der Waals surface area contributed by atoms with Crippen molar-refractivity contribution in [3.63, 3.8) is 0 Å². The van der Waals surface area contributed by atoms with Crippen molar-refractivity contribution in [2.24, 2.45) is 10.8 Å². The Balaban J connectivity index is 1.52. The molecule has 0 spiro atoms. The number of hydrogen-bond acceptors (Lipinski definition) is 3. The van der Waals surface area contributed by atoms with Gasteiger partial charge in [-0.2, -0.15) is 0 Å². The van der Waals surface area contributed by atoms with Crippen LogP contribution >= 0.6 is 11.6 Å². The zero-order chi connectivity index (χ0) is 18.9. The van der Waals surface area contributed by atoms with Crippen molar-refractivity contribution in [3.05, 3.63) is 40.9 Å². The summed E-state index contributed by atoms with van der Waals surface area (Å²) in [5, 5.41) is 0.642. The van der Waals surface area contributed by atoms with Crippen LogP contribution in [0.2, 0.25) is 5.02 Å². The summed E-state index contributed by atoms with van der Waals surface area (Å²) in [6.07, 6.45) is 6.17. The predicted octanol–water partition coefficient (Wildman–Crippen LogP) is 4.32. The molecule has 0 radical (unpaired) electrons. The predicted molar refractivity (Wildman–Crippen MR) is 103 cm³/mol. The Hall–Kier alpha value is -1.81. The summed E-state index contributed by atoms with van der Waals surface area (Å²) < 4.78 is 5.15. The molecular formula is C21H26ClNO3. The normalized spacial score (nSPS) is 26.9. The van der Waals surface area contributed by atoms with E-state index in [0.717, 1.165) is 31.4 Å². The van der Waals surface area contributed by atoms with E-state index in [1.54, 1.807) is 18.2 Å². The Morgan fingerprint density at radius 3 is 2.62 bits per heavy atom. The van der Waals surface area contributed by atoms with Crippen LogP contribution in [0.3, 0.4) is 0 Å². The third-order valence-electron chi connectivity index (χ3n) is 5.35.